The predicted octanol–water partition coefficient (Wildman–Crippen LogP) is 3.86. The van der Waals surface area contributed by atoms with Gasteiger partial charge in [-0.25, -0.2) is 4.98 Å². The van der Waals surface area contributed by atoms with E-state index in [9.17, 15) is 9.59 Å². The molecule has 0 radical (unpaired) electrons. The number of benzene rings is 1. The zero-order chi connectivity index (χ0) is 17.1. The number of carbonyl (C=O) groups excluding carboxylic acids is 2. The monoisotopic (exact) mass is 384 g/mol. The quantitative estimate of drug-likeness (QED) is 0.734. The van der Waals surface area contributed by atoms with Gasteiger partial charge in [-0.05, 0) is 24.1 Å². The van der Waals surface area contributed by atoms with E-state index in [1.54, 1.807) is 28.5 Å². The van der Waals surface area contributed by atoms with E-state index in [2.05, 4.69) is 4.98 Å². The number of esters is 1. The lowest BCUT2D eigenvalue weighted by molar-refractivity contribution is -0.144. The van der Waals surface area contributed by atoms with Gasteiger partial charge in [-0.1, -0.05) is 29.3 Å². The van der Waals surface area contributed by atoms with Crippen molar-refractivity contribution in [2.45, 2.75) is 25.9 Å². The molecule has 1 aromatic heterocycles. The number of thiazole rings is 1. The van der Waals surface area contributed by atoms with Crippen molar-refractivity contribution in [1.82, 2.24) is 4.98 Å². The lowest BCUT2D eigenvalue weighted by Gasteiger charge is -2.10. The number of rotatable bonds is 5. The highest BCUT2D eigenvalue weighted by atomic mass is 35.5. The first-order valence-corrected chi connectivity index (χ1v) is 9.01. The van der Waals surface area contributed by atoms with Crippen molar-refractivity contribution in [1.29, 1.82) is 0 Å². The van der Waals surface area contributed by atoms with Crippen LogP contribution in [0, 0.1) is 0 Å². The van der Waals surface area contributed by atoms with Gasteiger partial charge in [0.05, 0.1) is 22.2 Å². The summed E-state index contributed by atoms with van der Waals surface area (Å²) in [5.41, 5.74) is 1.37. The summed E-state index contributed by atoms with van der Waals surface area (Å²) in [5, 5.41) is 3.30. The first-order valence-electron chi connectivity index (χ1n) is 7.37. The fraction of sp³-hybridized carbons (Fsp3) is 0.312. The van der Waals surface area contributed by atoms with E-state index in [-0.39, 0.29) is 24.9 Å². The minimum atomic E-state index is -0.384. The van der Waals surface area contributed by atoms with Gasteiger partial charge in [0.1, 0.15) is 6.61 Å². The average molecular weight is 385 g/mol. The standard InChI is InChI=1S/C16H14Cl2N2O3S/c17-12-4-3-10(6-13(12)18)8-23-15(22)7-11-9-24-16(19-11)20-5-1-2-14(20)21/h3-4,6,9H,1-2,5,7-8H2. The van der Waals surface area contributed by atoms with Gasteiger partial charge in [0.15, 0.2) is 5.13 Å². The largest absolute Gasteiger partial charge is 0.461 e. The van der Waals surface area contributed by atoms with Gasteiger partial charge in [0, 0.05) is 18.3 Å². The molecular weight excluding hydrogens is 371 g/mol. The van der Waals surface area contributed by atoms with E-state index in [1.807, 2.05) is 0 Å². The highest BCUT2D eigenvalue weighted by Gasteiger charge is 2.24. The van der Waals surface area contributed by atoms with Crippen molar-refractivity contribution >= 4 is 51.5 Å². The Morgan fingerprint density at radius 3 is 2.88 bits per heavy atom. The molecule has 1 aliphatic rings. The maximum atomic E-state index is 11.9. The van der Waals surface area contributed by atoms with Crippen molar-refractivity contribution in [3.05, 3.63) is 44.9 Å². The summed E-state index contributed by atoms with van der Waals surface area (Å²) in [6.45, 7) is 0.810. The lowest BCUT2D eigenvalue weighted by atomic mass is 10.2. The number of halogens is 2. The lowest BCUT2D eigenvalue weighted by Crippen LogP contribution is -2.23. The van der Waals surface area contributed by atoms with Crippen LogP contribution in [0.3, 0.4) is 0 Å². The molecule has 3 rings (SSSR count). The predicted molar refractivity (Wildman–Crippen MR) is 93.7 cm³/mol. The Kier molecular flexibility index (Phi) is 5.38. The molecule has 2 aromatic rings. The normalized spacial score (nSPS) is 14.2. The molecule has 0 unspecified atom stereocenters. The van der Waals surface area contributed by atoms with E-state index in [0.29, 0.717) is 33.8 Å². The van der Waals surface area contributed by atoms with Gasteiger partial charge >= 0.3 is 5.97 Å². The van der Waals surface area contributed by atoms with Crippen LogP contribution in [0.4, 0.5) is 5.13 Å². The molecule has 0 aliphatic carbocycles. The Labute approximate surface area is 153 Å². The molecule has 2 heterocycles. The highest BCUT2D eigenvalue weighted by molar-refractivity contribution is 7.14. The molecule has 126 valence electrons. The molecule has 1 aliphatic heterocycles. The molecule has 8 heteroatoms. The van der Waals surface area contributed by atoms with Crippen molar-refractivity contribution in [3.63, 3.8) is 0 Å². The van der Waals surface area contributed by atoms with E-state index < -0.39 is 0 Å². The van der Waals surface area contributed by atoms with Gasteiger partial charge in [-0.2, -0.15) is 0 Å². The molecule has 1 fully saturated rings. The third kappa shape index (κ3) is 4.06. The average Bonchev–Trinajstić information content (AvgIpc) is 3.17. The number of carbonyl (C=O) groups is 2. The Hall–Kier alpha value is -1.63. The van der Waals surface area contributed by atoms with Gasteiger partial charge in [0.25, 0.3) is 0 Å². The maximum Gasteiger partial charge on any atom is 0.312 e. The minimum Gasteiger partial charge on any atom is -0.461 e. The Morgan fingerprint density at radius 2 is 2.17 bits per heavy atom. The third-order valence-electron chi connectivity index (χ3n) is 3.55. The summed E-state index contributed by atoms with van der Waals surface area (Å²) >= 11 is 13.1. The molecule has 24 heavy (non-hydrogen) atoms. The Morgan fingerprint density at radius 1 is 1.33 bits per heavy atom. The van der Waals surface area contributed by atoms with Crippen LogP contribution in [0.25, 0.3) is 0 Å². The molecule has 5 nitrogen and oxygen atoms in total. The first-order chi connectivity index (χ1) is 11.5. The molecule has 0 bridgehead atoms. The van der Waals surface area contributed by atoms with Crippen LogP contribution in [0.5, 0.6) is 0 Å². The number of nitrogens with zero attached hydrogens (tertiary/aromatic N) is 2. The van der Waals surface area contributed by atoms with Crippen LogP contribution in [0.2, 0.25) is 10.0 Å². The number of hydrogen-bond acceptors (Lipinski definition) is 5. The molecule has 1 amide bonds. The zero-order valence-electron chi connectivity index (χ0n) is 12.6. The van der Waals surface area contributed by atoms with Crippen LogP contribution in [-0.2, 0) is 27.4 Å². The van der Waals surface area contributed by atoms with Crippen molar-refractivity contribution < 1.29 is 14.3 Å². The van der Waals surface area contributed by atoms with E-state index in [0.717, 1.165) is 12.0 Å². The van der Waals surface area contributed by atoms with Crippen molar-refractivity contribution in [2.24, 2.45) is 0 Å². The maximum absolute atomic E-state index is 11.9. The molecule has 0 spiro atoms. The SMILES string of the molecule is O=C(Cc1csc(N2CCCC2=O)n1)OCc1ccc(Cl)c(Cl)c1. The summed E-state index contributed by atoms with van der Waals surface area (Å²) in [4.78, 5) is 29.6. The molecule has 0 N–H and O–H groups in total. The van der Waals surface area contributed by atoms with Crippen molar-refractivity contribution in [3.8, 4) is 0 Å². The second-order valence-electron chi connectivity index (χ2n) is 5.36. The molecule has 0 atom stereocenters. The summed E-state index contributed by atoms with van der Waals surface area (Å²) < 4.78 is 5.23. The van der Waals surface area contributed by atoms with E-state index in [4.69, 9.17) is 27.9 Å². The first kappa shape index (κ1) is 17.2. The van der Waals surface area contributed by atoms with E-state index >= 15 is 0 Å². The van der Waals surface area contributed by atoms with E-state index in [1.165, 1.54) is 11.3 Å². The van der Waals surface area contributed by atoms with Gasteiger partial charge in [-0.15, -0.1) is 11.3 Å². The number of anilines is 1. The van der Waals surface area contributed by atoms with Gasteiger partial charge < -0.3 is 4.74 Å². The minimum absolute atomic E-state index is 0.0693. The van der Waals surface area contributed by atoms with Crippen LogP contribution in [0.15, 0.2) is 23.6 Å². The second-order valence-corrected chi connectivity index (χ2v) is 7.01. The third-order valence-corrected chi connectivity index (χ3v) is 5.20. The number of aromatic nitrogens is 1. The smallest absolute Gasteiger partial charge is 0.312 e. The molecule has 1 saturated heterocycles. The summed E-state index contributed by atoms with van der Waals surface area (Å²) in [6.07, 6.45) is 1.47. The van der Waals surface area contributed by atoms with Crippen LogP contribution in [0.1, 0.15) is 24.1 Å². The molecular formula is C16H14Cl2N2O3S. The summed E-state index contributed by atoms with van der Waals surface area (Å²) in [7, 11) is 0. The zero-order valence-corrected chi connectivity index (χ0v) is 15.0. The van der Waals surface area contributed by atoms with Crippen LogP contribution < -0.4 is 4.90 Å². The number of amides is 1. The number of ether oxygens (including phenoxy) is 1. The fourth-order valence-electron chi connectivity index (χ4n) is 2.34. The topological polar surface area (TPSA) is 59.5 Å². The van der Waals surface area contributed by atoms with Crippen LogP contribution in [-0.4, -0.2) is 23.4 Å². The second kappa shape index (κ2) is 7.51. The Balaban J connectivity index is 1.54. The Bertz CT molecular complexity index is 778. The molecule has 1 aromatic carbocycles. The van der Waals surface area contributed by atoms with Gasteiger partial charge in [-0.3, -0.25) is 14.5 Å². The summed E-state index contributed by atoms with van der Waals surface area (Å²) in [5.74, 6) is -0.302. The highest BCUT2D eigenvalue weighted by Crippen LogP contribution is 2.26. The fourth-order valence-corrected chi connectivity index (χ4v) is 3.53. The number of hydrogen-bond donors (Lipinski definition) is 0. The van der Waals surface area contributed by atoms with Crippen molar-refractivity contribution in [2.75, 3.05) is 11.4 Å². The summed E-state index contributed by atoms with van der Waals surface area (Å²) in [6, 6.07) is 5.07. The molecule has 0 saturated carbocycles. The van der Waals surface area contributed by atoms with Gasteiger partial charge in [0.2, 0.25) is 5.91 Å². The van der Waals surface area contributed by atoms with Crippen LogP contribution >= 0.6 is 34.5 Å².